The van der Waals surface area contributed by atoms with Gasteiger partial charge in [-0.1, -0.05) is 0 Å². The van der Waals surface area contributed by atoms with E-state index in [4.69, 9.17) is 9.47 Å². The van der Waals surface area contributed by atoms with Crippen molar-refractivity contribution in [1.82, 2.24) is 4.90 Å². The van der Waals surface area contributed by atoms with Crippen LogP contribution in [0.2, 0.25) is 0 Å². The first kappa shape index (κ1) is 16.0. The van der Waals surface area contributed by atoms with Gasteiger partial charge in [0.2, 0.25) is 0 Å². The third kappa shape index (κ3) is 2.82. The molecule has 0 unspecified atom stereocenters. The number of amides is 1. The molecule has 0 fully saturated rings. The SMILES string of the molecule is COc1cc2c(cc1OC)CN(C(=O)c1ccc(O)c(O)c1)CC2. The number of aromatic hydroxyl groups is 2. The molecule has 3 rings (SSSR count). The summed E-state index contributed by atoms with van der Waals surface area (Å²) in [6.07, 6.45) is 0.714. The van der Waals surface area contributed by atoms with Gasteiger partial charge in [0, 0.05) is 18.7 Å². The lowest BCUT2D eigenvalue weighted by atomic mass is 9.98. The zero-order valence-corrected chi connectivity index (χ0v) is 13.6. The van der Waals surface area contributed by atoms with E-state index in [0.29, 0.717) is 36.6 Å². The fourth-order valence-corrected chi connectivity index (χ4v) is 2.90. The Kier molecular flexibility index (Phi) is 4.20. The van der Waals surface area contributed by atoms with E-state index in [1.165, 1.54) is 18.2 Å². The quantitative estimate of drug-likeness (QED) is 0.845. The lowest BCUT2D eigenvalue weighted by Gasteiger charge is -2.29. The second kappa shape index (κ2) is 6.31. The minimum atomic E-state index is -0.301. The number of benzene rings is 2. The van der Waals surface area contributed by atoms with Crippen LogP contribution in [-0.2, 0) is 13.0 Å². The fraction of sp³-hybridized carbons (Fsp3) is 0.278. The number of methoxy groups -OCH3 is 2. The van der Waals surface area contributed by atoms with E-state index in [0.717, 1.165) is 11.1 Å². The van der Waals surface area contributed by atoms with Crippen LogP contribution in [0.3, 0.4) is 0 Å². The highest BCUT2D eigenvalue weighted by Crippen LogP contribution is 2.34. The second-order valence-corrected chi connectivity index (χ2v) is 5.66. The van der Waals surface area contributed by atoms with Crippen LogP contribution in [0.1, 0.15) is 21.5 Å². The van der Waals surface area contributed by atoms with Crippen molar-refractivity contribution in [3.8, 4) is 23.0 Å². The molecule has 0 aliphatic carbocycles. The largest absolute Gasteiger partial charge is 0.504 e. The first-order valence-electron chi connectivity index (χ1n) is 7.58. The van der Waals surface area contributed by atoms with Crippen LogP contribution in [0.25, 0.3) is 0 Å². The van der Waals surface area contributed by atoms with Crippen LogP contribution in [0.15, 0.2) is 30.3 Å². The molecule has 0 saturated carbocycles. The van der Waals surface area contributed by atoms with Crippen LogP contribution in [0.4, 0.5) is 0 Å². The summed E-state index contributed by atoms with van der Waals surface area (Å²) < 4.78 is 10.6. The van der Waals surface area contributed by atoms with Crippen molar-refractivity contribution in [1.29, 1.82) is 0 Å². The van der Waals surface area contributed by atoms with Gasteiger partial charge in [0.05, 0.1) is 14.2 Å². The molecule has 2 aromatic rings. The smallest absolute Gasteiger partial charge is 0.254 e. The zero-order valence-electron chi connectivity index (χ0n) is 13.6. The van der Waals surface area contributed by atoms with Gasteiger partial charge < -0.3 is 24.6 Å². The van der Waals surface area contributed by atoms with Gasteiger partial charge in [-0.05, 0) is 47.9 Å². The number of hydrogen-bond donors (Lipinski definition) is 2. The van der Waals surface area contributed by atoms with Crippen LogP contribution in [-0.4, -0.2) is 41.8 Å². The average molecular weight is 329 g/mol. The predicted octanol–water partition coefficient (Wildman–Crippen LogP) is 2.31. The van der Waals surface area contributed by atoms with E-state index in [1.807, 2.05) is 12.1 Å². The summed E-state index contributed by atoms with van der Waals surface area (Å²) in [5, 5.41) is 19.0. The number of ether oxygens (including phenoxy) is 2. The lowest BCUT2D eigenvalue weighted by molar-refractivity contribution is 0.0734. The highest BCUT2D eigenvalue weighted by molar-refractivity contribution is 5.95. The number of hydrogen-bond acceptors (Lipinski definition) is 5. The molecule has 1 aliphatic rings. The summed E-state index contributed by atoms with van der Waals surface area (Å²) in [4.78, 5) is 14.3. The van der Waals surface area contributed by atoms with E-state index < -0.39 is 0 Å². The molecule has 0 saturated heterocycles. The molecular formula is C18H19NO5. The molecule has 6 nitrogen and oxygen atoms in total. The molecule has 2 aromatic carbocycles. The molecule has 1 amide bonds. The minimum Gasteiger partial charge on any atom is -0.504 e. The first-order valence-corrected chi connectivity index (χ1v) is 7.58. The standard InChI is InChI=1S/C18H19NO5/c1-23-16-8-11-5-6-19(10-13(11)9-17(16)24-2)18(22)12-3-4-14(20)15(21)7-12/h3-4,7-9,20-21H,5-6,10H2,1-2H3. The number of rotatable bonds is 3. The monoisotopic (exact) mass is 329 g/mol. The van der Waals surface area contributed by atoms with E-state index >= 15 is 0 Å². The van der Waals surface area contributed by atoms with Gasteiger partial charge in [-0.25, -0.2) is 0 Å². The number of nitrogens with zero attached hydrogens (tertiary/aromatic N) is 1. The molecule has 0 atom stereocenters. The van der Waals surface area contributed by atoms with Gasteiger partial charge in [-0.3, -0.25) is 4.79 Å². The summed E-state index contributed by atoms with van der Waals surface area (Å²) >= 11 is 0. The Labute approximate surface area is 139 Å². The number of fused-ring (bicyclic) bond motifs is 1. The third-order valence-electron chi connectivity index (χ3n) is 4.23. The van der Waals surface area contributed by atoms with Gasteiger partial charge >= 0.3 is 0 Å². The highest BCUT2D eigenvalue weighted by atomic mass is 16.5. The molecule has 126 valence electrons. The van der Waals surface area contributed by atoms with Crippen LogP contribution in [0.5, 0.6) is 23.0 Å². The predicted molar refractivity (Wildman–Crippen MR) is 87.8 cm³/mol. The second-order valence-electron chi connectivity index (χ2n) is 5.66. The van der Waals surface area contributed by atoms with Crippen LogP contribution in [0, 0.1) is 0 Å². The van der Waals surface area contributed by atoms with Crippen molar-refractivity contribution >= 4 is 5.91 Å². The molecule has 24 heavy (non-hydrogen) atoms. The molecule has 0 radical (unpaired) electrons. The molecule has 6 heteroatoms. The van der Waals surface area contributed by atoms with Gasteiger partial charge in [0.25, 0.3) is 5.91 Å². The fourth-order valence-electron chi connectivity index (χ4n) is 2.90. The Balaban J connectivity index is 1.86. The first-order chi connectivity index (χ1) is 11.5. The summed E-state index contributed by atoms with van der Waals surface area (Å²) in [5.74, 6) is 0.579. The normalized spacial score (nSPS) is 13.3. The number of carbonyl (C=O) groups is 1. The topological polar surface area (TPSA) is 79.2 Å². The van der Waals surface area contributed by atoms with E-state index in [9.17, 15) is 15.0 Å². The lowest BCUT2D eigenvalue weighted by Crippen LogP contribution is -2.36. The summed E-state index contributed by atoms with van der Waals surface area (Å²) in [7, 11) is 3.18. The Morgan fingerprint density at radius 3 is 2.29 bits per heavy atom. The van der Waals surface area contributed by atoms with Gasteiger partial charge in [-0.15, -0.1) is 0 Å². The highest BCUT2D eigenvalue weighted by Gasteiger charge is 2.24. The van der Waals surface area contributed by atoms with Gasteiger partial charge in [0.1, 0.15) is 0 Å². The number of carbonyl (C=O) groups excluding carboxylic acids is 1. The van der Waals surface area contributed by atoms with E-state index in [1.54, 1.807) is 19.1 Å². The molecule has 2 N–H and O–H groups in total. The Bertz CT molecular complexity index is 787. The van der Waals surface area contributed by atoms with Crippen molar-refractivity contribution in [2.24, 2.45) is 0 Å². The summed E-state index contributed by atoms with van der Waals surface area (Å²) in [6, 6.07) is 7.93. The maximum Gasteiger partial charge on any atom is 0.254 e. The van der Waals surface area contributed by atoms with Crippen molar-refractivity contribution in [3.63, 3.8) is 0 Å². The summed E-state index contributed by atoms with van der Waals surface area (Å²) in [5.41, 5.74) is 2.48. The minimum absolute atomic E-state index is 0.189. The molecule has 0 bridgehead atoms. The number of phenols is 2. The number of phenolic OH excluding ortho intramolecular Hbond substituents is 2. The molecule has 0 spiro atoms. The van der Waals surface area contributed by atoms with E-state index in [2.05, 4.69) is 0 Å². The van der Waals surface area contributed by atoms with Crippen molar-refractivity contribution in [3.05, 3.63) is 47.0 Å². The van der Waals surface area contributed by atoms with Crippen molar-refractivity contribution in [2.75, 3.05) is 20.8 Å². The average Bonchev–Trinajstić information content (AvgIpc) is 2.61. The Morgan fingerprint density at radius 2 is 1.67 bits per heavy atom. The maximum atomic E-state index is 12.6. The Morgan fingerprint density at radius 1 is 1.00 bits per heavy atom. The van der Waals surface area contributed by atoms with Crippen LogP contribution < -0.4 is 9.47 Å². The van der Waals surface area contributed by atoms with Gasteiger partial charge in [-0.2, -0.15) is 0 Å². The van der Waals surface area contributed by atoms with Crippen molar-refractivity contribution in [2.45, 2.75) is 13.0 Å². The molecular weight excluding hydrogens is 310 g/mol. The maximum absolute atomic E-state index is 12.6. The molecule has 1 aliphatic heterocycles. The zero-order chi connectivity index (χ0) is 17.3. The van der Waals surface area contributed by atoms with Crippen LogP contribution >= 0.6 is 0 Å². The third-order valence-corrected chi connectivity index (χ3v) is 4.23. The van der Waals surface area contributed by atoms with Crippen molar-refractivity contribution < 1.29 is 24.5 Å². The van der Waals surface area contributed by atoms with E-state index in [-0.39, 0.29) is 17.4 Å². The summed E-state index contributed by atoms with van der Waals surface area (Å²) in [6.45, 7) is 1.03. The molecule has 0 aromatic heterocycles. The Hall–Kier alpha value is -2.89. The van der Waals surface area contributed by atoms with Gasteiger partial charge in [0.15, 0.2) is 23.0 Å². The molecule has 1 heterocycles.